The molecule has 0 bridgehead atoms. The van der Waals surface area contributed by atoms with Crippen LogP contribution in [0.3, 0.4) is 0 Å². The lowest BCUT2D eigenvalue weighted by molar-refractivity contribution is 0.231. The van der Waals surface area contributed by atoms with Gasteiger partial charge in [-0.2, -0.15) is 11.8 Å². The third-order valence-electron chi connectivity index (χ3n) is 2.30. The lowest BCUT2D eigenvalue weighted by Crippen LogP contribution is -2.06. The second-order valence-corrected chi connectivity index (χ2v) is 4.55. The van der Waals surface area contributed by atoms with Crippen LogP contribution in [0.25, 0.3) is 0 Å². The maximum atomic E-state index is 9.23. The van der Waals surface area contributed by atoms with Crippen molar-refractivity contribution in [2.75, 3.05) is 6.26 Å². The molecule has 1 N–H and O–H groups in total. The molecule has 1 aliphatic carbocycles. The Labute approximate surface area is 72.9 Å². The first kappa shape index (κ1) is 9.14. The summed E-state index contributed by atoms with van der Waals surface area (Å²) in [5.74, 6) is 0. The first-order chi connectivity index (χ1) is 5.09. The molecule has 0 spiro atoms. The molecule has 0 radical (unpaired) electrons. The van der Waals surface area contributed by atoms with Crippen molar-refractivity contribution in [3.05, 3.63) is 11.6 Å². The molecule has 0 heterocycles. The molecule has 1 aliphatic rings. The summed E-state index contributed by atoms with van der Waals surface area (Å²) in [6.45, 7) is 3.82. The van der Waals surface area contributed by atoms with Crippen LogP contribution in [0.1, 0.15) is 26.7 Å². The molecule has 0 aliphatic heterocycles. The number of aliphatic hydroxyl groups excluding tert-OH is 1. The van der Waals surface area contributed by atoms with Crippen molar-refractivity contribution in [3.63, 3.8) is 0 Å². The van der Waals surface area contributed by atoms with Gasteiger partial charge in [-0.05, 0) is 38.5 Å². The van der Waals surface area contributed by atoms with E-state index in [1.165, 1.54) is 12.8 Å². The molecule has 11 heavy (non-hydrogen) atoms. The maximum absolute atomic E-state index is 9.23. The van der Waals surface area contributed by atoms with Crippen molar-refractivity contribution >= 4 is 11.8 Å². The van der Waals surface area contributed by atoms with Gasteiger partial charge in [-0.25, -0.2) is 0 Å². The Morgan fingerprint density at radius 2 is 2.18 bits per heavy atom. The van der Waals surface area contributed by atoms with E-state index in [0.717, 1.165) is 5.57 Å². The summed E-state index contributed by atoms with van der Waals surface area (Å²) in [5.41, 5.74) is 1.11. The van der Waals surface area contributed by atoms with Gasteiger partial charge in [0, 0.05) is 4.75 Å². The van der Waals surface area contributed by atoms with Crippen molar-refractivity contribution in [3.8, 4) is 0 Å². The largest absolute Gasteiger partial charge is 0.389 e. The van der Waals surface area contributed by atoms with Gasteiger partial charge >= 0.3 is 0 Å². The third kappa shape index (κ3) is 2.24. The fourth-order valence-corrected chi connectivity index (χ4v) is 1.88. The van der Waals surface area contributed by atoms with Crippen LogP contribution in [-0.4, -0.2) is 22.2 Å². The average molecular weight is 172 g/mol. The van der Waals surface area contributed by atoms with E-state index in [2.05, 4.69) is 12.3 Å². The summed E-state index contributed by atoms with van der Waals surface area (Å²) in [6.07, 6.45) is 6.64. The number of thioether (sulfide) groups is 1. The van der Waals surface area contributed by atoms with Crippen molar-refractivity contribution in [1.82, 2.24) is 0 Å². The van der Waals surface area contributed by atoms with Crippen molar-refractivity contribution in [2.24, 2.45) is 0 Å². The van der Waals surface area contributed by atoms with E-state index in [1.807, 2.05) is 25.6 Å². The van der Waals surface area contributed by atoms with E-state index in [4.69, 9.17) is 0 Å². The Balaban J connectivity index is 2.57. The Bertz CT molecular complexity index is 168. The Morgan fingerprint density at radius 1 is 1.64 bits per heavy atom. The van der Waals surface area contributed by atoms with Crippen LogP contribution < -0.4 is 0 Å². The average Bonchev–Trinajstić information content (AvgIpc) is 2.69. The van der Waals surface area contributed by atoms with Crippen molar-refractivity contribution in [1.29, 1.82) is 0 Å². The predicted octanol–water partition coefficient (Wildman–Crippen LogP) is 2.21. The zero-order valence-corrected chi connectivity index (χ0v) is 8.24. The third-order valence-corrected chi connectivity index (χ3v) is 3.64. The highest BCUT2D eigenvalue weighted by atomic mass is 32.2. The first-order valence-electron chi connectivity index (χ1n) is 4.02. The van der Waals surface area contributed by atoms with Crippen molar-refractivity contribution < 1.29 is 5.11 Å². The lowest BCUT2D eigenvalue weighted by atomic mass is 10.1. The van der Waals surface area contributed by atoms with Crippen LogP contribution >= 0.6 is 11.8 Å². The molecule has 2 heteroatoms. The fraction of sp³-hybridized carbons (Fsp3) is 0.778. The quantitative estimate of drug-likeness (QED) is 0.659. The zero-order chi connectivity index (χ0) is 8.48. The van der Waals surface area contributed by atoms with Crippen LogP contribution in [0.15, 0.2) is 11.6 Å². The summed E-state index contributed by atoms with van der Waals surface area (Å²) >= 11 is 1.90. The summed E-state index contributed by atoms with van der Waals surface area (Å²) in [5, 5.41) is 9.23. The fourth-order valence-electron chi connectivity index (χ4n) is 1.07. The molecule has 0 amide bonds. The van der Waals surface area contributed by atoms with Crippen LogP contribution in [0.2, 0.25) is 0 Å². The molecule has 0 saturated heterocycles. The molecule has 0 aromatic rings. The number of hydrogen-bond donors (Lipinski definition) is 1. The highest BCUT2D eigenvalue weighted by Gasteiger charge is 2.39. The highest BCUT2D eigenvalue weighted by molar-refractivity contribution is 8.00. The molecule has 0 aromatic heterocycles. The van der Waals surface area contributed by atoms with E-state index >= 15 is 0 Å². The van der Waals surface area contributed by atoms with Crippen molar-refractivity contribution in [2.45, 2.75) is 37.5 Å². The van der Waals surface area contributed by atoms with Gasteiger partial charge in [-0.3, -0.25) is 0 Å². The molecule has 1 atom stereocenters. The van der Waals surface area contributed by atoms with E-state index < -0.39 is 0 Å². The zero-order valence-electron chi connectivity index (χ0n) is 7.42. The first-order valence-corrected chi connectivity index (χ1v) is 5.25. The molecule has 64 valence electrons. The standard InChI is InChI=1S/C9H16OS/c1-7(8(2)10)6-9(11-3)4-5-9/h6,8,10H,4-5H2,1-3H3/b7-6-. The SMILES string of the molecule is CSC1(/C=C(/C)C(C)O)CC1. The minimum atomic E-state index is -0.278. The lowest BCUT2D eigenvalue weighted by Gasteiger charge is -2.10. The molecule has 1 fully saturated rings. The van der Waals surface area contributed by atoms with Gasteiger partial charge < -0.3 is 5.11 Å². The maximum Gasteiger partial charge on any atom is 0.0719 e. The van der Waals surface area contributed by atoms with Crippen LogP contribution in [0.5, 0.6) is 0 Å². The second kappa shape index (κ2) is 3.20. The normalized spacial score (nSPS) is 24.9. The monoisotopic (exact) mass is 172 g/mol. The molecule has 1 rings (SSSR count). The minimum absolute atomic E-state index is 0.278. The summed E-state index contributed by atoms with van der Waals surface area (Å²) in [6, 6.07) is 0. The van der Waals surface area contributed by atoms with Gasteiger partial charge in [-0.15, -0.1) is 0 Å². The number of hydrogen-bond acceptors (Lipinski definition) is 2. The van der Waals surface area contributed by atoms with E-state index in [9.17, 15) is 5.11 Å². The number of rotatable bonds is 3. The van der Waals surface area contributed by atoms with Crippen LogP contribution in [0.4, 0.5) is 0 Å². The summed E-state index contributed by atoms with van der Waals surface area (Å²) < 4.78 is 0.390. The summed E-state index contributed by atoms with van der Waals surface area (Å²) in [4.78, 5) is 0. The molecule has 1 saturated carbocycles. The van der Waals surface area contributed by atoms with Gasteiger partial charge in [0.25, 0.3) is 0 Å². The van der Waals surface area contributed by atoms with Gasteiger partial charge in [0.05, 0.1) is 6.10 Å². The van der Waals surface area contributed by atoms with Gasteiger partial charge in [0.1, 0.15) is 0 Å². The Morgan fingerprint density at radius 3 is 2.45 bits per heavy atom. The van der Waals surface area contributed by atoms with E-state index in [0.29, 0.717) is 4.75 Å². The van der Waals surface area contributed by atoms with Gasteiger partial charge in [-0.1, -0.05) is 6.08 Å². The predicted molar refractivity (Wildman–Crippen MR) is 50.9 cm³/mol. The van der Waals surface area contributed by atoms with Gasteiger partial charge in [0.15, 0.2) is 0 Å². The second-order valence-electron chi connectivity index (χ2n) is 3.33. The summed E-state index contributed by atoms with van der Waals surface area (Å²) in [7, 11) is 0. The van der Waals surface area contributed by atoms with Crippen LogP contribution in [0, 0.1) is 0 Å². The van der Waals surface area contributed by atoms with E-state index in [-0.39, 0.29) is 6.10 Å². The molecular formula is C9H16OS. The minimum Gasteiger partial charge on any atom is -0.389 e. The molecule has 0 aromatic carbocycles. The molecule has 1 nitrogen and oxygen atoms in total. The topological polar surface area (TPSA) is 20.2 Å². The molecule has 1 unspecified atom stereocenters. The smallest absolute Gasteiger partial charge is 0.0719 e. The van der Waals surface area contributed by atoms with E-state index in [1.54, 1.807) is 0 Å². The van der Waals surface area contributed by atoms with Crippen LogP contribution in [-0.2, 0) is 0 Å². The molecular weight excluding hydrogens is 156 g/mol. The number of aliphatic hydroxyl groups is 1. The Hall–Kier alpha value is 0.0500. The Kier molecular flexibility index (Phi) is 2.66. The van der Waals surface area contributed by atoms with Gasteiger partial charge in [0.2, 0.25) is 0 Å². The highest BCUT2D eigenvalue weighted by Crippen LogP contribution is 2.49.